The van der Waals surface area contributed by atoms with E-state index in [1.54, 1.807) is 18.0 Å². The second-order valence-electron chi connectivity index (χ2n) is 9.29. The third-order valence-electron chi connectivity index (χ3n) is 6.92. The van der Waals surface area contributed by atoms with Gasteiger partial charge in [-0.1, -0.05) is 25.0 Å². The van der Waals surface area contributed by atoms with E-state index in [0.717, 1.165) is 53.9 Å². The summed E-state index contributed by atoms with van der Waals surface area (Å²) in [6.07, 6.45) is 8.21. The number of aryl methyl sites for hydroxylation is 2. The van der Waals surface area contributed by atoms with E-state index < -0.39 is 0 Å². The fourth-order valence-corrected chi connectivity index (χ4v) is 5.52. The van der Waals surface area contributed by atoms with Gasteiger partial charge >= 0.3 is 6.03 Å². The van der Waals surface area contributed by atoms with Gasteiger partial charge < -0.3 is 10.1 Å². The summed E-state index contributed by atoms with van der Waals surface area (Å²) in [7, 11) is 0. The molecule has 6 nitrogen and oxygen atoms in total. The number of ether oxygens (including phenoxy) is 1. The molecule has 0 bridgehead atoms. The number of pyridine rings is 2. The van der Waals surface area contributed by atoms with Crippen molar-refractivity contribution < 1.29 is 9.53 Å². The predicted octanol–water partition coefficient (Wildman–Crippen LogP) is 6.15. The third-order valence-corrected chi connectivity index (χ3v) is 7.67. The Bertz CT molecular complexity index is 1210. The number of hydrogen-bond donors (Lipinski definition) is 1. The van der Waals surface area contributed by atoms with Gasteiger partial charge in [-0.25, -0.2) is 9.78 Å². The lowest BCUT2D eigenvalue weighted by atomic mass is 9.84. The summed E-state index contributed by atoms with van der Waals surface area (Å²) in [6, 6.07) is 14.1. The van der Waals surface area contributed by atoms with Gasteiger partial charge in [0.2, 0.25) is 5.88 Å². The van der Waals surface area contributed by atoms with Crippen LogP contribution in [0.3, 0.4) is 0 Å². The largest absolute Gasteiger partial charge is 0.437 e. The average Bonchev–Trinajstić information content (AvgIpc) is 3.45. The lowest BCUT2D eigenvalue weighted by molar-refractivity contribution is 0.245. The molecule has 0 atom stereocenters. The van der Waals surface area contributed by atoms with Crippen LogP contribution in [0, 0.1) is 13.8 Å². The van der Waals surface area contributed by atoms with E-state index in [-0.39, 0.29) is 11.4 Å². The summed E-state index contributed by atoms with van der Waals surface area (Å²) >= 11 is 1.71. The van der Waals surface area contributed by atoms with Crippen LogP contribution >= 0.6 is 11.8 Å². The van der Waals surface area contributed by atoms with Crippen LogP contribution in [0.1, 0.15) is 48.2 Å². The molecule has 1 aromatic carbocycles. The van der Waals surface area contributed by atoms with E-state index in [1.807, 2.05) is 36.9 Å². The number of benzene rings is 1. The summed E-state index contributed by atoms with van der Waals surface area (Å²) < 4.78 is 6.12. The summed E-state index contributed by atoms with van der Waals surface area (Å²) in [4.78, 5) is 25.6. The third kappa shape index (κ3) is 4.37. The smallest absolute Gasteiger partial charge is 0.322 e. The molecular formula is C27H30N4O2S. The normalized spacial score (nSPS) is 16.0. The predicted molar refractivity (Wildman–Crippen MR) is 136 cm³/mol. The van der Waals surface area contributed by atoms with Crippen LogP contribution < -0.4 is 15.0 Å². The van der Waals surface area contributed by atoms with Gasteiger partial charge in [0.05, 0.1) is 17.6 Å². The summed E-state index contributed by atoms with van der Waals surface area (Å²) in [5.41, 5.74) is 4.86. The minimum absolute atomic E-state index is 0.0759. The fourth-order valence-electron chi connectivity index (χ4n) is 5.11. The quantitative estimate of drug-likeness (QED) is 0.449. The maximum Gasteiger partial charge on any atom is 0.322 e. The molecule has 1 saturated carbocycles. The maximum absolute atomic E-state index is 13.2. The van der Waals surface area contributed by atoms with Gasteiger partial charge in [0.25, 0.3) is 0 Å². The Morgan fingerprint density at radius 3 is 2.62 bits per heavy atom. The number of carbonyl (C=O) groups is 1. The Kier molecular flexibility index (Phi) is 6.21. The van der Waals surface area contributed by atoms with Gasteiger partial charge in [-0.05, 0) is 68.3 Å². The SMILES string of the molecule is CSc1ccc(CNC(=O)N2CC3(CCCC3)c3nc(Oc4cnc(C)cc4C)ccc32)cc1. The average molecular weight is 475 g/mol. The molecule has 0 saturated heterocycles. The van der Waals surface area contributed by atoms with Crippen LogP contribution in [-0.4, -0.2) is 28.8 Å². The van der Waals surface area contributed by atoms with Crippen LogP contribution in [0.15, 0.2) is 53.6 Å². The van der Waals surface area contributed by atoms with Gasteiger partial charge in [0.15, 0.2) is 5.75 Å². The first-order valence-corrected chi connectivity index (χ1v) is 13.0. The molecule has 7 heteroatoms. The Balaban J connectivity index is 1.37. The second-order valence-corrected chi connectivity index (χ2v) is 10.2. The van der Waals surface area contributed by atoms with Crippen LogP contribution in [0.25, 0.3) is 0 Å². The molecule has 1 aliphatic carbocycles. The summed E-state index contributed by atoms with van der Waals surface area (Å²) in [5, 5.41) is 3.11. The van der Waals surface area contributed by atoms with Crippen molar-refractivity contribution in [1.82, 2.24) is 15.3 Å². The minimum atomic E-state index is -0.0907. The zero-order valence-corrected chi connectivity index (χ0v) is 20.7. The standard InChI is InChI=1S/C27H30N4O2S/c1-18-14-19(2)28-16-23(18)33-24-11-10-22-25(30-24)27(12-4-5-13-27)17-31(22)26(32)29-15-20-6-8-21(34-3)9-7-20/h6-11,14,16H,4-5,12-13,15,17H2,1-3H3,(H,29,32). The molecule has 1 N–H and O–H groups in total. The first-order valence-electron chi connectivity index (χ1n) is 11.8. The van der Waals surface area contributed by atoms with E-state index >= 15 is 0 Å². The fraction of sp³-hybridized carbons (Fsp3) is 0.370. The molecule has 176 valence electrons. The van der Waals surface area contributed by atoms with Crippen molar-refractivity contribution in [3.8, 4) is 11.6 Å². The number of fused-ring (bicyclic) bond motifs is 2. The number of anilines is 1. The molecule has 0 unspecified atom stereocenters. The first-order chi connectivity index (χ1) is 16.5. The van der Waals surface area contributed by atoms with E-state index in [2.05, 4.69) is 40.8 Å². The van der Waals surface area contributed by atoms with Gasteiger partial charge in [-0.3, -0.25) is 9.88 Å². The monoisotopic (exact) mass is 474 g/mol. The van der Waals surface area contributed by atoms with Crippen LogP contribution in [-0.2, 0) is 12.0 Å². The van der Waals surface area contributed by atoms with Crippen molar-refractivity contribution >= 4 is 23.5 Å². The zero-order chi connectivity index (χ0) is 23.7. The molecule has 3 heterocycles. The lowest BCUT2D eigenvalue weighted by Crippen LogP contribution is -2.41. The molecule has 5 rings (SSSR count). The van der Waals surface area contributed by atoms with E-state index in [0.29, 0.717) is 24.7 Å². The number of thioether (sulfide) groups is 1. The first kappa shape index (κ1) is 22.7. The Morgan fingerprint density at radius 1 is 1.15 bits per heavy atom. The highest BCUT2D eigenvalue weighted by Gasteiger charge is 2.48. The van der Waals surface area contributed by atoms with Crippen molar-refractivity contribution in [3.05, 3.63) is 71.2 Å². The highest BCUT2D eigenvalue weighted by atomic mass is 32.2. The number of amides is 2. The number of rotatable bonds is 5. The van der Waals surface area contributed by atoms with E-state index in [1.165, 1.54) is 4.90 Å². The lowest BCUT2D eigenvalue weighted by Gasteiger charge is -2.24. The summed E-state index contributed by atoms with van der Waals surface area (Å²) in [6.45, 7) is 5.14. The number of carbonyl (C=O) groups excluding carboxylic acids is 1. The molecule has 1 spiro atoms. The number of nitrogens with one attached hydrogen (secondary N) is 1. The Morgan fingerprint density at radius 2 is 1.91 bits per heavy atom. The Labute approximate surface area is 205 Å². The van der Waals surface area contributed by atoms with Gasteiger partial charge in [-0.15, -0.1) is 11.8 Å². The molecule has 0 radical (unpaired) electrons. The van der Waals surface area contributed by atoms with Gasteiger partial charge in [0, 0.05) is 35.2 Å². The number of aromatic nitrogens is 2. The van der Waals surface area contributed by atoms with E-state index in [4.69, 9.17) is 9.72 Å². The molecule has 2 aliphatic rings. The van der Waals surface area contributed by atoms with Crippen molar-refractivity contribution in [2.45, 2.75) is 56.4 Å². The molecule has 34 heavy (non-hydrogen) atoms. The molecule has 1 fully saturated rings. The maximum atomic E-state index is 13.2. The number of nitrogens with zero attached hydrogens (tertiary/aromatic N) is 3. The van der Waals surface area contributed by atoms with Crippen LogP contribution in [0.2, 0.25) is 0 Å². The minimum Gasteiger partial charge on any atom is -0.437 e. The topological polar surface area (TPSA) is 67.4 Å². The van der Waals surface area contributed by atoms with E-state index in [9.17, 15) is 4.79 Å². The van der Waals surface area contributed by atoms with Crippen molar-refractivity contribution in [3.63, 3.8) is 0 Å². The van der Waals surface area contributed by atoms with Crippen LogP contribution in [0.4, 0.5) is 10.5 Å². The molecule has 3 aromatic rings. The molecular weight excluding hydrogens is 444 g/mol. The second kappa shape index (κ2) is 9.29. The molecule has 2 aromatic heterocycles. The Hall–Kier alpha value is -3.06. The highest BCUT2D eigenvalue weighted by molar-refractivity contribution is 7.98. The number of urea groups is 1. The number of hydrogen-bond acceptors (Lipinski definition) is 5. The molecule has 1 aliphatic heterocycles. The van der Waals surface area contributed by atoms with Gasteiger partial charge in [0.1, 0.15) is 0 Å². The van der Waals surface area contributed by atoms with Crippen molar-refractivity contribution in [2.75, 3.05) is 17.7 Å². The van der Waals surface area contributed by atoms with Crippen molar-refractivity contribution in [2.24, 2.45) is 0 Å². The highest BCUT2D eigenvalue weighted by Crippen LogP contribution is 2.50. The molecule has 2 amide bonds. The van der Waals surface area contributed by atoms with Gasteiger partial charge in [-0.2, -0.15) is 0 Å². The zero-order valence-electron chi connectivity index (χ0n) is 19.9. The van der Waals surface area contributed by atoms with Crippen LogP contribution in [0.5, 0.6) is 11.6 Å². The summed E-state index contributed by atoms with van der Waals surface area (Å²) in [5.74, 6) is 1.26. The van der Waals surface area contributed by atoms with Crippen molar-refractivity contribution in [1.29, 1.82) is 0 Å².